The summed E-state index contributed by atoms with van der Waals surface area (Å²) in [5, 5.41) is 1.31. The Kier molecular flexibility index (Phi) is 5.93. The zero-order valence-electron chi connectivity index (χ0n) is 19.0. The van der Waals surface area contributed by atoms with E-state index >= 15 is 0 Å². The molecule has 1 aromatic carbocycles. The lowest BCUT2D eigenvalue weighted by Gasteiger charge is -2.44. The van der Waals surface area contributed by atoms with E-state index in [1.807, 2.05) is 0 Å². The van der Waals surface area contributed by atoms with Gasteiger partial charge < -0.3 is 19.3 Å². The van der Waals surface area contributed by atoms with Gasteiger partial charge in [0, 0.05) is 36.8 Å². The second-order valence-electron chi connectivity index (χ2n) is 9.17. The van der Waals surface area contributed by atoms with E-state index in [4.69, 9.17) is 21.1 Å². The van der Waals surface area contributed by atoms with Crippen LogP contribution in [-0.4, -0.2) is 92.1 Å². The van der Waals surface area contributed by atoms with Crippen molar-refractivity contribution in [3.8, 4) is 0 Å². The largest absolute Gasteiger partial charge is 0.380 e. The molecule has 5 rings (SSSR count). The fourth-order valence-corrected chi connectivity index (χ4v) is 8.46. The van der Waals surface area contributed by atoms with Crippen molar-refractivity contribution < 1.29 is 27.5 Å². The Morgan fingerprint density at radius 2 is 1.97 bits per heavy atom. The second kappa shape index (κ2) is 8.42. The molecule has 2 amide bonds. The van der Waals surface area contributed by atoms with Gasteiger partial charge in [-0.25, -0.2) is 8.42 Å². The van der Waals surface area contributed by atoms with Gasteiger partial charge in [-0.15, -0.1) is 11.3 Å². The average molecular weight is 528 g/mol. The summed E-state index contributed by atoms with van der Waals surface area (Å²) in [6, 6.07) is 6.83. The quantitative estimate of drug-likeness (QED) is 0.604. The van der Waals surface area contributed by atoms with Crippen LogP contribution in [0.15, 0.2) is 28.5 Å². The molecule has 3 aliphatic rings. The molecule has 3 saturated heterocycles. The molecule has 9 nitrogen and oxygen atoms in total. The van der Waals surface area contributed by atoms with E-state index in [1.165, 1.54) is 18.3 Å². The highest BCUT2D eigenvalue weighted by Crippen LogP contribution is 2.44. The van der Waals surface area contributed by atoms with E-state index in [-0.39, 0.29) is 35.7 Å². The molecule has 3 aliphatic heterocycles. The summed E-state index contributed by atoms with van der Waals surface area (Å²) >= 11 is 7.19. The van der Waals surface area contributed by atoms with Crippen LogP contribution in [0.2, 0.25) is 5.02 Å². The molecular weight excluding hydrogens is 502 g/mol. The topological polar surface area (TPSA) is 96.5 Å². The number of sulfonamides is 1. The van der Waals surface area contributed by atoms with Crippen LogP contribution < -0.4 is 0 Å². The minimum atomic E-state index is -3.95. The Labute approximate surface area is 207 Å². The number of piperazine rings is 1. The van der Waals surface area contributed by atoms with E-state index in [2.05, 4.69) is 0 Å². The fraction of sp³-hybridized carbons (Fsp3) is 0.545. The molecule has 0 N–H and O–H groups in total. The van der Waals surface area contributed by atoms with Gasteiger partial charge in [0.25, 0.3) is 10.0 Å². The highest BCUT2D eigenvalue weighted by Gasteiger charge is 2.61. The van der Waals surface area contributed by atoms with Crippen molar-refractivity contribution in [2.24, 2.45) is 0 Å². The Morgan fingerprint density at radius 1 is 1.24 bits per heavy atom. The van der Waals surface area contributed by atoms with Gasteiger partial charge in [0.05, 0.1) is 31.8 Å². The predicted molar refractivity (Wildman–Crippen MR) is 127 cm³/mol. The van der Waals surface area contributed by atoms with Crippen LogP contribution in [0.25, 0.3) is 10.1 Å². The number of carbonyl (C=O) groups is 2. The van der Waals surface area contributed by atoms with Crippen molar-refractivity contribution in [3.05, 3.63) is 29.3 Å². The summed E-state index contributed by atoms with van der Waals surface area (Å²) in [7, 11) is -2.45. The molecule has 2 aromatic rings. The number of hydrogen-bond acceptors (Lipinski definition) is 7. The number of nitrogens with zero attached hydrogens (tertiary/aromatic N) is 3. The number of halogens is 1. The average Bonchev–Trinajstić information content (AvgIpc) is 3.34. The number of amides is 2. The maximum atomic E-state index is 13.6. The summed E-state index contributed by atoms with van der Waals surface area (Å²) in [5.41, 5.74) is -1.84. The molecular formula is C22H26ClN3O6S2. The lowest BCUT2D eigenvalue weighted by atomic mass is 9.91. The summed E-state index contributed by atoms with van der Waals surface area (Å²) in [6.45, 7) is 2.72. The van der Waals surface area contributed by atoms with Gasteiger partial charge in [-0.3, -0.25) is 9.59 Å². The number of carbonyl (C=O) groups excluding carboxylic acids is 2. The number of ether oxygens (including phenoxy) is 2. The van der Waals surface area contributed by atoms with E-state index in [9.17, 15) is 18.0 Å². The summed E-state index contributed by atoms with van der Waals surface area (Å²) < 4.78 is 41.3. The standard InChI is InChI=1S/C22H26ClN3O6S2/c1-15(27)24-7-5-21(6-8-24)12-26-19(28)11-25(13-22(26,32-21)14-31-2)34(29,30)20-9-16-3-4-17(23)10-18(16)33-20/h3-4,9-10H,5-8,11-14H2,1-2H3. The third kappa shape index (κ3) is 3.92. The van der Waals surface area contributed by atoms with E-state index < -0.39 is 21.3 Å². The molecule has 0 saturated carbocycles. The van der Waals surface area contributed by atoms with Crippen LogP contribution >= 0.6 is 22.9 Å². The molecule has 0 aliphatic carbocycles. The number of piperidine rings is 1. The van der Waals surface area contributed by atoms with Crippen LogP contribution in [0.5, 0.6) is 0 Å². The molecule has 12 heteroatoms. The molecule has 184 valence electrons. The van der Waals surface area contributed by atoms with Crippen LogP contribution in [0.3, 0.4) is 0 Å². The fourth-order valence-electron chi connectivity index (χ4n) is 5.20. The van der Waals surface area contributed by atoms with Gasteiger partial charge in [-0.2, -0.15) is 4.31 Å². The number of thiophene rings is 1. The zero-order chi connectivity index (χ0) is 24.3. The highest BCUT2D eigenvalue weighted by molar-refractivity contribution is 7.91. The summed E-state index contributed by atoms with van der Waals surface area (Å²) in [5.74, 6) is -0.308. The first kappa shape index (κ1) is 24.0. The highest BCUT2D eigenvalue weighted by atomic mass is 35.5. The first-order valence-electron chi connectivity index (χ1n) is 11.0. The number of hydrogen-bond donors (Lipinski definition) is 0. The lowest BCUT2D eigenvalue weighted by molar-refractivity contribution is -0.197. The van der Waals surface area contributed by atoms with Crippen LogP contribution in [0, 0.1) is 0 Å². The maximum Gasteiger partial charge on any atom is 0.253 e. The third-order valence-corrected chi connectivity index (χ3v) is 10.5. The summed E-state index contributed by atoms with van der Waals surface area (Å²) in [4.78, 5) is 28.4. The van der Waals surface area contributed by atoms with Gasteiger partial charge in [0.1, 0.15) is 4.21 Å². The Balaban J connectivity index is 1.45. The Morgan fingerprint density at radius 3 is 2.65 bits per heavy atom. The maximum absolute atomic E-state index is 13.6. The van der Waals surface area contributed by atoms with Crippen molar-refractivity contribution in [1.82, 2.24) is 14.1 Å². The Hall–Kier alpha value is -1.76. The second-order valence-corrected chi connectivity index (χ2v) is 12.9. The molecule has 1 unspecified atom stereocenters. The summed E-state index contributed by atoms with van der Waals surface area (Å²) in [6.07, 6.45) is 1.15. The SMILES string of the molecule is COCC12CN(S(=O)(=O)c3cc4ccc(Cl)cc4s3)CC(=O)N1CC1(CCN(C(C)=O)CC1)O2. The van der Waals surface area contributed by atoms with Crippen molar-refractivity contribution in [1.29, 1.82) is 0 Å². The van der Waals surface area contributed by atoms with Gasteiger partial charge in [-0.1, -0.05) is 17.7 Å². The molecule has 0 radical (unpaired) electrons. The number of fused-ring (bicyclic) bond motifs is 2. The first-order chi connectivity index (χ1) is 16.1. The first-order valence-corrected chi connectivity index (χ1v) is 13.7. The molecule has 34 heavy (non-hydrogen) atoms. The number of benzene rings is 1. The number of methoxy groups -OCH3 is 1. The van der Waals surface area contributed by atoms with Crippen LogP contribution in [0.1, 0.15) is 19.8 Å². The normalized spacial score (nSPS) is 25.3. The van der Waals surface area contributed by atoms with E-state index in [0.717, 1.165) is 21.4 Å². The van der Waals surface area contributed by atoms with Crippen molar-refractivity contribution >= 4 is 54.9 Å². The van der Waals surface area contributed by atoms with Crippen LogP contribution in [0.4, 0.5) is 0 Å². The van der Waals surface area contributed by atoms with E-state index in [1.54, 1.807) is 34.1 Å². The minimum absolute atomic E-state index is 0.00939. The molecule has 4 heterocycles. The molecule has 1 atom stereocenters. The monoisotopic (exact) mass is 527 g/mol. The van der Waals surface area contributed by atoms with Gasteiger partial charge in [0.2, 0.25) is 11.8 Å². The minimum Gasteiger partial charge on any atom is -0.380 e. The molecule has 1 spiro atoms. The van der Waals surface area contributed by atoms with E-state index in [0.29, 0.717) is 37.5 Å². The van der Waals surface area contributed by atoms with Crippen molar-refractivity contribution in [2.45, 2.75) is 35.3 Å². The zero-order valence-corrected chi connectivity index (χ0v) is 21.3. The smallest absolute Gasteiger partial charge is 0.253 e. The van der Waals surface area contributed by atoms with Gasteiger partial charge in [-0.05, 0) is 36.4 Å². The number of rotatable bonds is 4. The predicted octanol–water partition coefficient (Wildman–Crippen LogP) is 2.14. The van der Waals surface area contributed by atoms with Gasteiger partial charge >= 0.3 is 0 Å². The molecule has 1 aromatic heterocycles. The number of likely N-dealkylation sites (tertiary alicyclic amines) is 1. The lowest BCUT2D eigenvalue weighted by Crippen LogP contribution is -2.65. The van der Waals surface area contributed by atoms with Crippen LogP contribution in [-0.2, 0) is 29.1 Å². The van der Waals surface area contributed by atoms with Crippen molar-refractivity contribution in [2.75, 3.05) is 46.4 Å². The Bertz CT molecular complexity index is 1260. The third-order valence-electron chi connectivity index (χ3n) is 6.92. The van der Waals surface area contributed by atoms with Crippen molar-refractivity contribution in [3.63, 3.8) is 0 Å². The molecule has 3 fully saturated rings. The molecule has 0 bridgehead atoms. The van der Waals surface area contributed by atoms with Gasteiger partial charge in [0.15, 0.2) is 5.72 Å².